The molecule has 1 saturated heterocycles. The van der Waals surface area contributed by atoms with Gasteiger partial charge in [-0.15, -0.1) is 23.1 Å². The molecule has 1 aliphatic heterocycles. The monoisotopic (exact) mass is 617 g/mol. The van der Waals surface area contributed by atoms with Crippen LogP contribution in [0.25, 0.3) is 11.0 Å². The Kier molecular flexibility index (Phi) is 11.3. The van der Waals surface area contributed by atoms with E-state index < -0.39 is 20.5 Å². The van der Waals surface area contributed by atoms with E-state index >= 15 is 0 Å². The highest BCUT2D eigenvalue weighted by Crippen LogP contribution is 2.38. The third-order valence-corrected chi connectivity index (χ3v) is 15.5. The number of fused-ring (bicyclic) bond motifs is 1. The number of likely N-dealkylation sites (tertiary alicyclic amines) is 1. The second-order valence-electron chi connectivity index (χ2n) is 12.7. The number of hydrogen-bond donors (Lipinski definition) is 2. The van der Waals surface area contributed by atoms with Crippen molar-refractivity contribution in [2.75, 3.05) is 39.1 Å². The molecule has 0 aliphatic carbocycles. The summed E-state index contributed by atoms with van der Waals surface area (Å²) >= 11 is 3.73. The predicted octanol–water partition coefficient (Wildman–Crippen LogP) is 6.63. The van der Waals surface area contributed by atoms with Crippen molar-refractivity contribution in [1.82, 2.24) is 14.9 Å². The van der Waals surface area contributed by atoms with Crippen LogP contribution in [-0.4, -0.2) is 78.6 Å². The van der Waals surface area contributed by atoms with Gasteiger partial charge in [0.15, 0.2) is 8.32 Å². The maximum Gasteiger partial charge on any atom is 0.232 e. The van der Waals surface area contributed by atoms with Crippen molar-refractivity contribution in [2.45, 2.75) is 74.6 Å². The van der Waals surface area contributed by atoms with Crippen LogP contribution in [0.5, 0.6) is 5.88 Å². The zero-order chi connectivity index (χ0) is 29.6. The van der Waals surface area contributed by atoms with Gasteiger partial charge in [0.05, 0.1) is 34.7 Å². The van der Waals surface area contributed by atoms with Crippen molar-refractivity contribution in [3.05, 3.63) is 47.5 Å². The van der Waals surface area contributed by atoms with Gasteiger partial charge in [0.25, 0.3) is 0 Å². The first-order chi connectivity index (χ1) is 19.5. The number of hydrogen-bond acceptors (Lipinski definition) is 9. The summed E-state index contributed by atoms with van der Waals surface area (Å²) < 4.78 is 13.2. The Morgan fingerprint density at radius 1 is 1.17 bits per heavy atom. The van der Waals surface area contributed by atoms with Gasteiger partial charge >= 0.3 is 0 Å². The number of aliphatic hydroxyl groups excluding tert-OH is 2. The van der Waals surface area contributed by atoms with Crippen LogP contribution in [-0.2, 0) is 4.43 Å². The highest BCUT2D eigenvalue weighted by Gasteiger charge is 2.38. The SMILES string of the molecule is COc1cnc2cccc([C@@H](O)[C@H](O)C[C@@H]3CCN(CCSc4cccs4)C[C@@H]3CCO[Si](C)(C)C(C)(C)C)c2n1. The summed E-state index contributed by atoms with van der Waals surface area (Å²) in [7, 11) is -0.289. The van der Waals surface area contributed by atoms with Crippen molar-refractivity contribution < 1.29 is 19.4 Å². The number of nitrogens with zero attached hydrogens (tertiary/aromatic N) is 3. The molecule has 226 valence electrons. The molecule has 4 rings (SSSR count). The first kappa shape index (κ1) is 32.4. The summed E-state index contributed by atoms with van der Waals surface area (Å²) in [5.74, 6) is 2.16. The van der Waals surface area contributed by atoms with Crippen molar-refractivity contribution in [3.8, 4) is 5.88 Å². The largest absolute Gasteiger partial charge is 0.480 e. The molecule has 2 N–H and O–H groups in total. The van der Waals surface area contributed by atoms with Crippen LogP contribution < -0.4 is 4.74 Å². The van der Waals surface area contributed by atoms with Gasteiger partial charge in [-0.25, -0.2) is 9.97 Å². The maximum atomic E-state index is 11.3. The van der Waals surface area contributed by atoms with E-state index in [1.165, 1.54) is 4.21 Å². The third kappa shape index (κ3) is 8.52. The summed E-state index contributed by atoms with van der Waals surface area (Å²) in [5, 5.41) is 24.9. The normalized spacial score (nSPS) is 20.3. The fourth-order valence-electron chi connectivity index (χ4n) is 5.32. The lowest BCUT2D eigenvalue weighted by molar-refractivity contribution is -0.0143. The second kappa shape index (κ2) is 14.3. The molecule has 0 saturated carbocycles. The number of ether oxygens (including phenoxy) is 1. The first-order valence-electron chi connectivity index (χ1n) is 14.7. The molecule has 1 aromatic carbocycles. The molecule has 3 heterocycles. The summed E-state index contributed by atoms with van der Waals surface area (Å²) in [6.07, 6.45) is 2.12. The number of para-hydroxylation sites is 1. The number of aliphatic hydroxyl groups is 2. The van der Waals surface area contributed by atoms with Crippen LogP contribution in [0.15, 0.2) is 46.1 Å². The Labute approximate surface area is 254 Å². The Morgan fingerprint density at radius 3 is 2.68 bits per heavy atom. The fraction of sp³-hybridized carbons (Fsp3) is 0.613. The maximum absolute atomic E-state index is 11.3. The molecule has 3 aromatic rings. The minimum absolute atomic E-state index is 0.175. The number of methoxy groups -OCH3 is 1. The third-order valence-electron chi connectivity index (χ3n) is 8.90. The number of thiophene rings is 1. The topological polar surface area (TPSA) is 87.9 Å². The zero-order valence-electron chi connectivity index (χ0n) is 25.4. The van der Waals surface area contributed by atoms with Crippen LogP contribution in [0.4, 0.5) is 0 Å². The van der Waals surface area contributed by atoms with Gasteiger partial charge in [-0.05, 0) is 73.3 Å². The smallest absolute Gasteiger partial charge is 0.232 e. The van der Waals surface area contributed by atoms with E-state index in [0.717, 1.165) is 44.8 Å². The Bertz CT molecular complexity index is 1240. The molecule has 0 unspecified atom stereocenters. The van der Waals surface area contributed by atoms with Crippen molar-refractivity contribution in [3.63, 3.8) is 0 Å². The van der Waals surface area contributed by atoms with Gasteiger partial charge < -0.3 is 24.3 Å². The van der Waals surface area contributed by atoms with E-state index in [1.807, 2.05) is 30.0 Å². The molecule has 1 aliphatic rings. The molecule has 41 heavy (non-hydrogen) atoms. The van der Waals surface area contributed by atoms with E-state index in [9.17, 15) is 10.2 Å². The van der Waals surface area contributed by atoms with Crippen molar-refractivity contribution >= 4 is 42.4 Å². The van der Waals surface area contributed by atoms with Crippen LogP contribution in [0, 0.1) is 11.8 Å². The quantitative estimate of drug-likeness (QED) is 0.163. The molecule has 1 fully saturated rings. The van der Waals surface area contributed by atoms with Gasteiger partial charge in [0, 0.05) is 31.0 Å². The molecule has 7 nitrogen and oxygen atoms in total. The number of rotatable bonds is 13. The van der Waals surface area contributed by atoms with E-state index in [0.29, 0.717) is 40.7 Å². The molecule has 10 heteroatoms. The average Bonchev–Trinajstić information content (AvgIpc) is 3.46. The molecule has 0 spiro atoms. The van der Waals surface area contributed by atoms with Gasteiger partial charge in [0.2, 0.25) is 5.88 Å². The lowest BCUT2D eigenvalue weighted by atomic mass is 9.79. The van der Waals surface area contributed by atoms with E-state index in [-0.39, 0.29) is 5.04 Å². The van der Waals surface area contributed by atoms with Crippen molar-refractivity contribution in [2.24, 2.45) is 11.8 Å². The second-order valence-corrected chi connectivity index (χ2v) is 19.8. The van der Waals surface area contributed by atoms with Crippen LogP contribution in [0.3, 0.4) is 0 Å². The van der Waals surface area contributed by atoms with E-state index in [4.69, 9.17) is 9.16 Å². The number of piperidine rings is 1. The van der Waals surface area contributed by atoms with Crippen LogP contribution in [0.1, 0.15) is 51.7 Å². The zero-order valence-corrected chi connectivity index (χ0v) is 28.0. The molecule has 0 radical (unpaired) electrons. The summed E-state index contributed by atoms with van der Waals surface area (Å²) in [5.41, 5.74) is 1.82. The lowest BCUT2D eigenvalue weighted by Gasteiger charge is -2.41. The summed E-state index contributed by atoms with van der Waals surface area (Å²) in [6, 6.07) is 9.82. The van der Waals surface area contributed by atoms with Gasteiger partial charge in [-0.2, -0.15) is 0 Å². The number of aromatic nitrogens is 2. The summed E-state index contributed by atoms with van der Waals surface area (Å²) in [6.45, 7) is 15.2. The molecular formula is C31H47N3O4S2Si. The van der Waals surface area contributed by atoms with Crippen LogP contribution >= 0.6 is 23.1 Å². The van der Waals surface area contributed by atoms with Crippen LogP contribution in [0.2, 0.25) is 18.1 Å². The van der Waals surface area contributed by atoms with E-state index in [1.54, 1.807) is 24.6 Å². The average molecular weight is 618 g/mol. The Balaban J connectivity index is 1.43. The van der Waals surface area contributed by atoms with E-state index in [2.05, 4.69) is 66.2 Å². The Hall–Kier alpha value is -1.53. The lowest BCUT2D eigenvalue weighted by Crippen LogP contribution is -2.44. The summed E-state index contributed by atoms with van der Waals surface area (Å²) in [4.78, 5) is 11.5. The molecule has 2 aromatic heterocycles. The fourth-order valence-corrected chi connectivity index (χ4v) is 8.25. The molecular weight excluding hydrogens is 571 g/mol. The van der Waals surface area contributed by atoms with Gasteiger partial charge in [-0.3, -0.25) is 0 Å². The first-order valence-corrected chi connectivity index (χ1v) is 19.4. The van der Waals surface area contributed by atoms with Crippen molar-refractivity contribution in [1.29, 1.82) is 0 Å². The standard InChI is InChI=1S/C31H47N3O4S2Si/c1-31(2,3)41(5,6)38-16-13-23-21-34(15-18-40-28-11-8-17-39-28)14-12-22(23)19-26(35)30(36)24-9-7-10-25-29(24)33-27(37-4)20-32-25/h7-11,17,20,22-23,26,30,35-36H,12-16,18-19,21H2,1-6H3/t22-,23-,26+,30+/m0/s1. The predicted molar refractivity (Wildman–Crippen MR) is 173 cm³/mol. The number of benzene rings is 1. The van der Waals surface area contributed by atoms with Gasteiger partial charge in [0.1, 0.15) is 6.10 Å². The highest BCUT2D eigenvalue weighted by atomic mass is 32.2. The minimum Gasteiger partial charge on any atom is -0.480 e. The Morgan fingerprint density at radius 2 is 1.98 bits per heavy atom. The molecule has 0 amide bonds. The molecule has 4 atom stereocenters. The minimum atomic E-state index is -1.84. The number of thioether (sulfide) groups is 1. The molecule has 0 bridgehead atoms. The highest BCUT2D eigenvalue weighted by molar-refractivity contribution is 8.01. The van der Waals surface area contributed by atoms with Gasteiger partial charge in [-0.1, -0.05) is 39.0 Å².